The lowest BCUT2D eigenvalue weighted by Crippen LogP contribution is -2.35. The molecule has 24 heavy (non-hydrogen) atoms. The van der Waals surface area contributed by atoms with Crippen LogP contribution in [-0.2, 0) is 14.3 Å². The first kappa shape index (κ1) is 16.1. The van der Waals surface area contributed by atoms with Gasteiger partial charge in [-0.1, -0.05) is 18.2 Å². The predicted molar refractivity (Wildman–Crippen MR) is 84.6 cm³/mol. The van der Waals surface area contributed by atoms with Crippen LogP contribution < -0.4 is 10.9 Å². The first-order valence-corrected chi connectivity index (χ1v) is 7.68. The van der Waals surface area contributed by atoms with E-state index in [0.29, 0.717) is 23.9 Å². The van der Waals surface area contributed by atoms with E-state index in [4.69, 9.17) is 9.47 Å². The van der Waals surface area contributed by atoms with E-state index in [9.17, 15) is 14.4 Å². The molecule has 1 aromatic heterocycles. The molecule has 2 N–H and O–H groups in total. The number of esters is 1. The Balaban J connectivity index is 1.60. The summed E-state index contributed by atoms with van der Waals surface area (Å²) in [7, 11) is 0. The molecule has 0 aliphatic carbocycles. The molecule has 1 aliphatic rings. The summed E-state index contributed by atoms with van der Waals surface area (Å²) in [4.78, 5) is 35.5. The van der Waals surface area contributed by atoms with Crippen molar-refractivity contribution in [2.24, 2.45) is 0 Å². The second-order valence-corrected chi connectivity index (χ2v) is 5.46. The van der Waals surface area contributed by atoms with Gasteiger partial charge in [0.25, 0.3) is 11.5 Å². The Kier molecular flexibility index (Phi) is 4.85. The van der Waals surface area contributed by atoms with Gasteiger partial charge in [0, 0.05) is 18.5 Å². The molecule has 2 aromatic rings. The predicted octanol–water partition coefficient (Wildman–Crippen LogP) is 0.375. The third-order valence-electron chi connectivity index (χ3n) is 3.77. The Bertz CT molecular complexity index is 811. The van der Waals surface area contributed by atoms with Gasteiger partial charge < -0.3 is 14.8 Å². The molecule has 0 spiro atoms. The van der Waals surface area contributed by atoms with E-state index in [-0.39, 0.29) is 11.8 Å². The Labute approximate surface area is 137 Å². The van der Waals surface area contributed by atoms with Crippen molar-refractivity contribution in [3.63, 3.8) is 0 Å². The van der Waals surface area contributed by atoms with Crippen LogP contribution in [-0.4, -0.2) is 47.9 Å². The van der Waals surface area contributed by atoms with E-state index in [1.807, 2.05) is 0 Å². The Morgan fingerprint density at radius 2 is 2.12 bits per heavy atom. The van der Waals surface area contributed by atoms with Crippen LogP contribution in [0.2, 0.25) is 0 Å². The lowest BCUT2D eigenvalue weighted by atomic mass is 10.1. The zero-order valence-electron chi connectivity index (χ0n) is 12.9. The fourth-order valence-corrected chi connectivity index (χ4v) is 2.55. The fourth-order valence-electron chi connectivity index (χ4n) is 2.55. The van der Waals surface area contributed by atoms with E-state index in [2.05, 4.69) is 15.5 Å². The molecule has 8 heteroatoms. The average molecular weight is 331 g/mol. The van der Waals surface area contributed by atoms with E-state index < -0.39 is 24.0 Å². The minimum Gasteiger partial charge on any atom is -0.451 e. The van der Waals surface area contributed by atoms with Gasteiger partial charge in [0.05, 0.1) is 11.5 Å². The summed E-state index contributed by atoms with van der Waals surface area (Å²) in [6.45, 7) is 0.692. The number of aromatic nitrogens is 2. The number of H-pyrrole nitrogens is 1. The maximum atomic E-state index is 12.1. The quantitative estimate of drug-likeness (QED) is 0.766. The summed E-state index contributed by atoms with van der Waals surface area (Å²) >= 11 is 0. The van der Waals surface area contributed by atoms with Crippen molar-refractivity contribution in [3.8, 4) is 0 Å². The summed E-state index contributed by atoms with van der Waals surface area (Å²) in [5.74, 6) is -1.18. The first-order chi connectivity index (χ1) is 11.6. The number of benzene rings is 1. The Morgan fingerprint density at radius 1 is 1.33 bits per heavy atom. The second-order valence-electron chi connectivity index (χ2n) is 5.46. The van der Waals surface area contributed by atoms with Crippen molar-refractivity contribution in [2.75, 3.05) is 19.8 Å². The van der Waals surface area contributed by atoms with Crippen molar-refractivity contribution in [1.82, 2.24) is 15.5 Å². The number of nitrogens with one attached hydrogen (secondary N) is 2. The fraction of sp³-hybridized carbons (Fsp3) is 0.375. The van der Waals surface area contributed by atoms with Gasteiger partial charge in [-0.05, 0) is 18.9 Å². The molecule has 3 rings (SSSR count). The van der Waals surface area contributed by atoms with Crippen molar-refractivity contribution in [1.29, 1.82) is 0 Å². The average Bonchev–Trinajstić information content (AvgIpc) is 3.12. The standard InChI is InChI=1S/C16H17N3O5/c20-13(17-8-10-4-3-7-23-10)9-24-16(22)14-11-5-1-2-6-12(11)15(21)19-18-14/h1-2,5-6,10H,3-4,7-9H2,(H,17,20)(H,19,21). The van der Waals surface area contributed by atoms with Crippen molar-refractivity contribution in [2.45, 2.75) is 18.9 Å². The number of rotatable bonds is 5. The molecule has 1 fully saturated rings. The number of amides is 1. The van der Waals surface area contributed by atoms with Crippen LogP contribution in [0.15, 0.2) is 29.1 Å². The Hall–Kier alpha value is -2.74. The van der Waals surface area contributed by atoms with Crippen LogP contribution in [0, 0.1) is 0 Å². The third-order valence-corrected chi connectivity index (χ3v) is 3.77. The summed E-state index contributed by atoms with van der Waals surface area (Å²) < 4.78 is 10.4. The smallest absolute Gasteiger partial charge is 0.359 e. The van der Waals surface area contributed by atoms with E-state index >= 15 is 0 Å². The highest BCUT2D eigenvalue weighted by atomic mass is 16.5. The van der Waals surface area contributed by atoms with Gasteiger partial charge in [-0.3, -0.25) is 9.59 Å². The number of aromatic amines is 1. The number of hydrogen-bond donors (Lipinski definition) is 2. The summed E-state index contributed by atoms with van der Waals surface area (Å²) in [5.41, 5.74) is -0.423. The van der Waals surface area contributed by atoms with E-state index in [1.165, 1.54) is 0 Å². The van der Waals surface area contributed by atoms with Gasteiger partial charge in [0.2, 0.25) is 0 Å². The van der Waals surface area contributed by atoms with Gasteiger partial charge in [-0.15, -0.1) is 0 Å². The molecule has 0 saturated carbocycles. The molecular formula is C16H17N3O5. The molecule has 1 atom stereocenters. The molecule has 126 valence electrons. The molecule has 1 amide bonds. The van der Waals surface area contributed by atoms with Crippen molar-refractivity contribution >= 4 is 22.6 Å². The number of hydrogen-bond acceptors (Lipinski definition) is 6. The van der Waals surface area contributed by atoms with Gasteiger partial charge in [0.15, 0.2) is 12.3 Å². The number of carbonyl (C=O) groups excluding carboxylic acids is 2. The van der Waals surface area contributed by atoms with Crippen LogP contribution in [0.1, 0.15) is 23.3 Å². The third kappa shape index (κ3) is 3.60. The number of ether oxygens (including phenoxy) is 2. The highest BCUT2D eigenvalue weighted by molar-refractivity contribution is 6.02. The topological polar surface area (TPSA) is 110 Å². The second kappa shape index (κ2) is 7.22. The molecule has 0 bridgehead atoms. The molecule has 1 aliphatic heterocycles. The molecule has 0 radical (unpaired) electrons. The largest absolute Gasteiger partial charge is 0.451 e. The molecule has 8 nitrogen and oxygen atoms in total. The summed E-state index contributed by atoms with van der Waals surface area (Å²) in [6.07, 6.45) is 1.92. The van der Waals surface area contributed by atoms with E-state index in [0.717, 1.165) is 12.8 Å². The molecule has 1 saturated heterocycles. The Morgan fingerprint density at radius 3 is 2.88 bits per heavy atom. The minimum absolute atomic E-state index is 0.0226. The molecule has 2 heterocycles. The van der Waals surface area contributed by atoms with Crippen LogP contribution in [0.25, 0.3) is 10.8 Å². The lowest BCUT2D eigenvalue weighted by Gasteiger charge is -2.11. The molecule has 1 unspecified atom stereocenters. The zero-order chi connectivity index (χ0) is 16.9. The van der Waals surface area contributed by atoms with Crippen LogP contribution >= 0.6 is 0 Å². The first-order valence-electron chi connectivity index (χ1n) is 7.68. The summed E-state index contributed by atoms with van der Waals surface area (Å²) in [6, 6.07) is 6.56. The van der Waals surface area contributed by atoms with Crippen LogP contribution in [0.3, 0.4) is 0 Å². The normalized spacial score (nSPS) is 16.9. The lowest BCUT2D eigenvalue weighted by molar-refractivity contribution is -0.124. The SMILES string of the molecule is O=C(COC(=O)c1n[nH]c(=O)c2ccccc12)NCC1CCCO1. The number of nitrogens with zero attached hydrogens (tertiary/aromatic N) is 1. The summed E-state index contributed by atoms with van der Waals surface area (Å²) in [5, 5.41) is 9.35. The monoisotopic (exact) mass is 331 g/mol. The van der Waals surface area contributed by atoms with Crippen molar-refractivity contribution < 1.29 is 19.1 Å². The molecule has 1 aromatic carbocycles. The highest BCUT2D eigenvalue weighted by Crippen LogP contribution is 2.13. The zero-order valence-corrected chi connectivity index (χ0v) is 12.9. The van der Waals surface area contributed by atoms with E-state index in [1.54, 1.807) is 24.3 Å². The number of fused-ring (bicyclic) bond motifs is 1. The van der Waals surface area contributed by atoms with Crippen LogP contribution in [0.4, 0.5) is 0 Å². The van der Waals surface area contributed by atoms with Gasteiger partial charge >= 0.3 is 5.97 Å². The minimum atomic E-state index is -0.769. The van der Waals surface area contributed by atoms with Crippen molar-refractivity contribution in [3.05, 3.63) is 40.3 Å². The maximum absolute atomic E-state index is 12.1. The maximum Gasteiger partial charge on any atom is 0.359 e. The highest BCUT2D eigenvalue weighted by Gasteiger charge is 2.18. The van der Waals surface area contributed by atoms with Gasteiger partial charge in [-0.2, -0.15) is 5.10 Å². The van der Waals surface area contributed by atoms with Gasteiger partial charge in [-0.25, -0.2) is 9.89 Å². The van der Waals surface area contributed by atoms with Crippen LogP contribution in [0.5, 0.6) is 0 Å². The van der Waals surface area contributed by atoms with Gasteiger partial charge in [0.1, 0.15) is 0 Å². The molecular weight excluding hydrogens is 314 g/mol. The number of carbonyl (C=O) groups is 2.